The van der Waals surface area contributed by atoms with Crippen LogP contribution >= 0.6 is 11.6 Å². The Labute approximate surface area is 145 Å². The Morgan fingerprint density at radius 2 is 2.04 bits per heavy atom. The normalized spacial score (nSPS) is 10.6. The van der Waals surface area contributed by atoms with Gasteiger partial charge in [0.1, 0.15) is 0 Å². The Hall–Kier alpha value is -2.73. The number of hydrogen-bond donors (Lipinski definition) is 3. The number of methoxy groups -OCH3 is 1. The third-order valence-corrected chi connectivity index (χ3v) is 3.40. The van der Waals surface area contributed by atoms with Gasteiger partial charge in [-0.25, -0.2) is 5.43 Å². The summed E-state index contributed by atoms with van der Waals surface area (Å²) in [6, 6.07) is 10.7. The lowest BCUT2D eigenvalue weighted by Gasteiger charge is -2.07. The van der Waals surface area contributed by atoms with E-state index in [-0.39, 0.29) is 24.0 Å². The Kier molecular flexibility index (Phi) is 6.03. The average molecular weight is 348 g/mol. The van der Waals surface area contributed by atoms with Crippen molar-refractivity contribution >= 4 is 29.4 Å². The Balaban J connectivity index is 1.90. The van der Waals surface area contributed by atoms with Gasteiger partial charge in [0.2, 0.25) is 0 Å². The van der Waals surface area contributed by atoms with Crippen LogP contribution in [0, 0.1) is 6.92 Å². The van der Waals surface area contributed by atoms with Crippen LogP contribution in [-0.2, 0) is 4.79 Å². The summed E-state index contributed by atoms with van der Waals surface area (Å²) in [4.78, 5) is 11.7. The highest BCUT2D eigenvalue weighted by atomic mass is 35.5. The molecule has 0 saturated carbocycles. The largest absolute Gasteiger partial charge is 0.504 e. The first-order valence-electron chi connectivity index (χ1n) is 7.18. The van der Waals surface area contributed by atoms with Gasteiger partial charge in [0, 0.05) is 22.3 Å². The van der Waals surface area contributed by atoms with Gasteiger partial charge in [-0.05, 0) is 25.1 Å². The molecule has 7 heteroatoms. The number of amides is 1. The van der Waals surface area contributed by atoms with E-state index in [1.807, 2.05) is 31.2 Å². The summed E-state index contributed by atoms with van der Waals surface area (Å²) >= 11 is 5.92. The van der Waals surface area contributed by atoms with Gasteiger partial charge < -0.3 is 15.2 Å². The van der Waals surface area contributed by atoms with Crippen LogP contribution in [0.2, 0.25) is 5.02 Å². The summed E-state index contributed by atoms with van der Waals surface area (Å²) in [5.41, 5.74) is 4.70. The quantitative estimate of drug-likeness (QED) is 0.554. The summed E-state index contributed by atoms with van der Waals surface area (Å²) in [6.45, 7) is 2.07. The maximum atomic E-state index is 11.7. The predicted octanol–water partition coefficient (Wildman–Crippen LogP) is 2.92. The lowest BCUT2D eigenvalue weighted by molar-refractivity contribution is -0.119. The van der Waals surface area contributed by atoms with Crippen molar-refractivity contribution in [3.8, 4) is 11.5 Å². The maximum absolute atomic E-state index is 11.7. The lowest BCUT2D eigenvalue weighted by atomic mass is 10.2. The zero-order valence-corrected chi connectivity index (χ0v) is 14.1. The van der Waals surface area contributed by atoms with Crippen LogP contribution in [0.3, 0.4) is 0 Å². The highest BCUT2D eigenvalue weighted by molar-refractivity contribution is 6.31. The molecule has 126 valence electrons. The van der Waals surface area contributed by atoms with Crippen molar-refractivity contribution in [3.63, 3.8) is 0 Å². The molecule has 0 radical (unpaired) electrons. The second-order valence-electron chi connectivity index (χ2n) is 5.06. The molecule has 0 spiro atoms. The number of nitrogens with one attached hydrogen (secondary N) is 2. The number of anilines is 1. The molecule has 0 unspecified atom stereocenters. The molecule has 0 heterocycles. The van der Waals surface area contributed by atoms with Crippen LogP contribution in [-0.4, -0.2) is 30.9 Å². The number of hydrogen-bond acceptors (Lipinski definition) is 5. The van der Waals surface area contributed by atoms with Crippen LogP contribution in [0.15, 0.2) is 41.5 Å². The summed E-state index contributed by atoms with van der Waals surface area (Å²) < 4.78 is 5.00. The Morgan fingerprint density at radius 3 is 2.71 bits per heavy atom. The zero-order chi connectivity index (χ0) is 17.5. The highest BCUT2D eigenvalue weighted by Crippen LogP contribution is 2.32. The minimum Gasteiger partial charge on any atom is -0.504 e. The number of carbonyl (C=O) groups excluding carboxylic acids is 1. The number of aryl methyl sites for hydroxylation is 1. The highest BCUT2D eigenvalue weighted by Gasteiger charge is 2.08. The second kappa shape index (κ2) is 8.21. The van der Waals surface area contributed by atoms with E-state index in [9.17, 15) is 9.90 Å². The van der Waals surface area contributed by atoms with Crippen molar-refractivity contribution in [3.05, 3.63) is 52.5 Å². The summed E-state index contributed by atoms with van der Waals surface area (Å²) in [7, 11) is 1.42. The maximum Gasteiger partial charge on any atom is 0.259 e. The number of rotatable bonds is 6. The molecular formula is C17H18ClN3O3. The van der Waals surface area contributed by atoms with Gasteiger partial charge in [0.05, 0.1) is 19.9 Å². The molecule has 0 aliphatic rings. The zero-order valence-electron chi connectivity index (χ0n) is 13.3. The molecule has 2 aromatic carbocycles. The first-order valence-corrected chi connectivity index (χ1v) is 7.56. The number of nitrogens with zero attached hydrogens (tertiary/aromatic N) is 1. The number of carbonyl (C=O) groups is 1. The summed E-state index contributed by atoms with van der Waals surface area (Å²) in [5, 5.41) is 17.1. The SMILES string of the molecule is COc1cc(Cl)cc(/C=N\NC(=O)CNc2ccc(C)cc2)c1O. The van der Waals surface area contributed by atoms with Gasteiger partial charge in [0.25, 0.3) is 5.91 Å². The fraction of sp³-hybridized carbons (Fsp3) is 0.176. The molecule has 0 fully saturated rings. The first-order chi connectivity index (χ1) is 11.5. The van der Waals surface area contributed by atoms with E-state index in [4.69, 9.17) is 16.3 Å². The van der Waals surface area contributed by atoms with Gasteiger partial charge in [-0.3, -0.25) is 4.79 Å². The topological polar surface area (TPSA) is 83.0 Å². The standard InChI is InChI=1S/C17H18ClN3O3/c1-11-3-5-14(6-4-11)19-10-16(22)21-20-9-12-7-13(18)8-15(24-2)17(12)23/h3-9,19,23H,10H2,1-2H3,(H,21,22)/b20-9-. The molecule has 0 aliphatic carbocycles. The van der Waals surface area contributed by atoms with Crippen LogP contribution < -0.4 is 15.5 Å². The fourth-order valence-electron chi connectivity index (χ4n) is 1.92. The molecule has 3 N–H and O–H groups in total. The third-order valence-electron chi connectivity index (χ3n) is 3.19. The van der Waals surface area contributed by atoms with Crippen molar-refractivity contribution in [2.24, 2.45) is 5.10 Å². The van der Waals surface area contributed by atoms with Gasteiger partial charge in [-0.1, -0.05) is 29.3 Å². The number of halogens is 1. The number of ether oxygens (including phenoxy) is 1. The molecule has 0 bridgehead atoms. The smallest absolute Gasteiger partial charge is 0.259 e. The minimum absolute atomic E-state index is 0.0747. The van der Waals surface area contributed by atoms with Crippen molar-refractivity contribution in [1.82, 2.24) is 5.43 Å². The van der Waals surface area contributed by atoms with Gasteiger partial charge >= 0.3 is 0 Å². The number of phenolic OH excluding ortho intramolecular Hbond substituents is 1. The molecule has 2 rings (SSSR count). The molecule has 1 amide bonds. The number of aromatic hydroxyl groups is 1. The monoisotopic (exact) mass is 347 g/mol. The van der Waals surface area contributed by atoms with E-state index in [2.05, 4.69) is 15.8 Å². The molecule has 0 atom stereocenters. The summed E-state index contributed by atoms with van der Waals surface area (Å²) in [5.74, 6) is -0.186. The minimum atomic E-state index is -0.319. The van der Waals surface area contributed by atoms with Crippen LogP contribution in [0.25, 0.3) is 0 Å². The molecule has 2 aromatic rings. The first kappa shape index (κ1) is 17.6. The molecular weight excluding hydrogens is 330 g/mol. The fourth-order valence-corrected chi connectivity index (χ4v) is 2.13. The van der Waals surface area contributed by atoms with E-state index in [1.54, 1.807) is 0 Å². The van der Waals surface area contributed by atoms with Gasteiger partial charge in [0.15, 0.2) is 11.5 Å². The Bertz CT molecular complexity index is 745. The van der Waals surface area contributed by atoms with Crippen molar-refractivity contribution in [2.45, 2.75) is 6.92 Å². The number of hydrazone groups is 1. The van der Waals surface area contributed by atoms with Crippen LogP contribution in [0.4, 0.5) is 5.69 Å². The van der Waals surface area contributed by atoms with Gasteiger partial charge in [-0.2, -0.15) is 5.10 Å². The number of phenols is 1. The van der Waals surface area contributed by atoms with E-state index < -0.39 is 0 Å². The van der Waals surface area contributed by atoms with E-state index in [0.29, 0.717) is 10.6 Å². The summed E-state index contributed by atoms with van der Waals surface area (Å²) in [6.07, 6.45) is 1.30. The molecule has 0 saturated heterocycles. The van der Waals surface area contributed by atoms with Crippen LogP contribution in [0.5, 0.6) is 11.5 Å². The predicted molar refractivity (Wildman–Crippen MR) is 95.1 cm³/mol. The molecule has 0 aliphatic heterocycles. The Morgan fingerprint density at radius 1 is 1.33 bits per heavy atom. The molecule has 6 nitrogen and oxygen atoms in total. The van der Waals surface area contributed by atoms with E-state index in [0.717, 1.165) is 11.3 Å². The molecule has 24 heavy (non-hydrogen) atoms. The molecule has 0 aromatic heterocycles. The van der Waals surface area contributed by atoms with Crippen molar-refractivity contribution in [2.75, 3.05) is 19.0 Å². The van der Waals surface area contributed by atoms with E-state index >= 15 is 0 Å². The lowest BCUT2D eigenvalue weighted by Crippen LogP contribution is -2.25. The van der Waals surface area contributed by atoms with Crippen molar-refractivity contribution < 1.29 is 14.6 Å². The third kappa shape index (κ3) is 4.89. The van der Waals surface area contributed by atoms with Crippen molar-refractivity contribution in [1.29, 1.82) is 0 Å². The van der Waals surface area contributed by atoms with E-state index in [1.165, 1.54) is 25.5 Å². The van der Waals surface area contributed by atoms with Gasteiger partial charge in [-0.15, -0.1) is 0 Å². The average Bonchev–Trinajstić information content (AvgIpc) is 2.57. The second-order valence-corrected chi connectivity index (χ2v) is 5.50. The van der Waals surface area contributed by atoms with Crippen LogP contribution in [0.1, 0.15) is 11.1 Å². The number of benzene rings is 2.